The number of fused-ring (bicyclic) bond motifs is 1. The van der Waals surface area contributed by atoms with E-state index in [9.17, 15) is 14.0 Å². The molecule has 1 aliphatic rings. The maximum absolute atomic E-state index is 13.1. The van der Waals surface area contributed by atoms with Gasteiger partial charge >= 0.3 is 0 Å². The van der Waals surface area contributed by atoms with Crippen LogP contribution in [0.15, 0.2) is 18.2 Å². The smallest absolute Gasteiger partial charge is 0.254 e. The maximum Gasteiger partial charge on any atom is 0.254 e. The van der Waals surface area contributed by atoms with Crippen molar-refractivity contribution in [2.45, 2.75) is 13.0 Å². The summed E-state index contributed by atoms with van der Waals surface area (Å²) in [5.41, 5.74) is 1.13. The van der Waals surface area contributed by atoms with Gasteiger partial charge in [-0.3, -0.25) is 9.59 Å². The second kappa shape index (κ2) is 3.59. The topological polar surface area (TPSA) is 49.4 Å². The number of likely N-dealkylation sites (N-methyl/N-ethyl adjacent to an activating group) is 1. The number of anilines is 1. The Bertz CT molecular complexity index is 473. The van der Waals surface area contributed by atoms with Crippen LogP contribution in [0, 0.1) is 5.82 Å². The summed E-state index contributed by atoms with van der Waals surface area (Å²) in [6.45, 7) is 1.32. The molecule has 0 aliphatic carbocycles. The Kier molecular flexibility index (Phi) is 2.38. The third-order valence-electron chi connectivity index (χ3n) is 2.59. The number of carbonyl (C=O) groups is 2. The Labute approximate surface area is 92.0 Å². The molecule has 0 radical (unpaired) electrons. The molecule has 5 heteroatoms. The van der Waals surface area contributed by atoms with Crippen LogP contribution >= 0.6 is 0 Å². The van der Waals surface area contributed by atoms with Gasteiger partial charge in [-0.25, -0.2) is 4.39 Å². The highest BCUT2D eigenvalue weighted by Crippen LogP contribution is 2.34. The van der Waals surface area contributed by atoms with Gasteiger partial charge in [0.15, 0.2) is 0 Å². The van der Waals surface area contributed by atoms with Crippen molar-refractivity contribution in [2.24, 2.45) is 0 Å². The molecule has 0 unspecified atom stereocenters. The van der Waals surface area contributed by atoms with Crippen molar-refractivity contribution in [2.75, 3.05) is 11.9 Å². The van der Waals surface area contributed by atoms with Crippen molar-refractivity contribution in [1.29, 1.82) is 0 Å². The second-order valence-electron chi connectivity index (χ2n) is 3.73. The standard InChI is InChI=1S/C11H11FN2O2/c1-6(15)13-10-8-5-7(12)3-4-9(8)14(2)11(10)16/h3-5,10H,1-2H3,(H,13,15)/t10-/m0/s1. The number of rotatable bonds is 1. The maximum atomic E-state index is 13.1. The van der Waals surface area contributed by atoms with Crippen LogP contribution in [0.3, 0.4) is 0 Å². The number of halogens is 1. The summed E-state index contributed by atoms with van der Waals surface area (Å²) in [5.74, 6) is -0.989. The van der Waals surface area contributed by atoms with Crippen molar-refractivity contribution in [3.63, 3.8) is 0 Å². The summed E-state index contributed by atoms with van der Waals surface area (Å²) in [6, 6.07) is 3.33. The lowest BCUT2D eigenvalue weighted by atomic mass is 10.1. The lowest BCUT2D eigenvalue weighted by Gasteiger charge is -2.11. The van der Waals surface area contributed by atoms with Crippen LogP contribution in [-0.2, 0) is 9.59 Å². The lowest BCUT2D eigenvalue weighted by Crippen LogP contribution is -2.34. The van der Waals surface area contributed by atoms with E-state index in [0.29, 0.717) is 11.3 Å². The number of amides is 2. The fraction of sp³-hybridized carbons (Fsp3) is 0.273. The summed E-state index contributed by atoms with van der Waals surface area (Å²) in [7, 11) is 1.60. The largest absolute Gasteiger partial charge is 0.341 e. The predicted octanol–water partition coefficient (Wildman–Crippen LogP) is 0.979. The molecule has 0 fully saturated rings. The van der Waals surface area contributed by atoms with Crippen LogP contribution in [0.25, 0.3) is 0 Å². The highest BCUT2D eigenvalue weighted by molar-refractivity contribution is 6.05. The van der Waals surface area contributed by atoms with E-state index in [1.54, 1.807) is 7.05 Å². The Balaban J connectivity index is 2.47. The van der Waals surface area contributed by atoms with E-state index in [1.807, 2.05) is 0 Å². The summed E-state index contributed by atoms with van der Waals surface area (Å²) in [5, 5.41) is 2.51. The first kappa shape index (κ1) is 10.6. The van der Waals surface area contributed by atoms with Crippen molar-refractivity contribution >= 4 is 17.5 Å². The average molecular weight is 222 g/mol. The number of hydrogen-bond donors (Lipinski definition) is 1. The molecule has 0 saturated carbocycles. The van der Waals surface area contributed by atoms with E-state index in [1.165, 1.54) is 30.0 Å². The number of nitrogens with zero attached hydrogens (tertiary/aromatic N) is 1. The van der Waals surface area contributed by atoms with Gasteiger partial charge in [-0.15, -0.1) is 0 Å². The van der Waals surface area contributed by atoms with Crippen LogP contribution in [-0.4, -0.2) is 18.9 Å². The number of benzene rings is 1. The van der Waals surface area contributed by atoms with Gasteiger partial charge in [0.2, 0.25) is 5.91 Å². The van der Waals surface area contributed by atoms with E-state index < -0.39 is 11.9 Å². The summed E-state index contributed by atoms with van der Waals surface area (Å²) < 4.78 is 13.1. The fourth-order valence-corrected chi connectivity index (χ4v) is 1.85. The monoisotopic (exact) mass is 222 g/mol. The van der Waals surface area contributed by atoms with Gasteiger partial charge in [0.1, 0.15) is 11.9 Å². The molecule has 2 amide bonds. The zero-order valence-corrected chi connectivity index (χ0v) is 8.95. The van der Waals surface area contributed by atoms with Crippen LogP contribution in [0.4, 0.5) is 10.1 Å². The quantitative estimate of drug-likeness (QED) is 0.770. The first-order chi connectivity index (χ1) is 7.50. The summed E-state index contributed by atoms with van der Waals surface area (Å²) >= 11 is 0. The third-order valence-corrected chi connectivity index (χ3v) is 2.59. The van der Waals surface area contributed by atoms with Crippen molar-refractivity contribution in [3.05, 3.63) is 29.6 Å². The van der Waals surface area contributed by atoms with Gasteiger partial charge in [-0.05, 0) is 18.2 Å². The highest BCUT2D eigenvalue weighted by atomic mass is 19.1. The molecular weight excluding hydrogens is 211 g/mol. The van der Waals surface area contributed by atoms with Crippen LogP contribution < -0.4 is 10.2 Å². The molecule has 1 N–H and O–H groups in total. The molecule has 1 aromatic carbocycles. The minimum atomic E-state index is -0.770. The zero-order chi connectivity index (χ0) is 11.9. The fourth-order valence-electron chi connectivity index (χ4n) is 1.85. The minimum absolute atomic E-state index is 0.254. The highest BCUT2D eigenvalue weighted by Gasteiger charge is 2.35. The van der Waals surface area contributed by atoms with E-state index in [2.05, 4.69) is 5.32 Å². The molecule has 1 aromatic rings. The van der Waals surface area contributed by atoms with Gasteiger partial charge in [0.25, 0.3) is 5.91 Å². The lowest BCUT2D eigenvalue weighted by molar-refractivity contribution is -0.125. The molecule has 1 aliphatic heterocycles. The number of carbonyl (C=O) groups excluding carboxylic acids is 2. The molecular formula is C11H11FN2O2. The van der Waals surface area contributed by atoms with E-state index in [0.717, 1.165) is 0 Å². The van der Waals surface area contributed by atoms with E-state index in [4.69, 9.17) is 0 Å². The Hall–Kier alpha value is -1.91. The molecule has 0 spiro atoms. The van der Waals surface area contributed by atoms with Gasteiger partial charge in [-0.2, -0.15) is 0 Å². The summed E-state index contributed by atoms with van der Waals surface area (Å²) in [6.07, 6.45) is 0. The number of nitrogens with one attached hydrogen (secondary N) is 1. The Morgan fingerprint density at radius 2 is 2.19 bits per heavy atom. The van der Waals surface area contributed by atoms with Crippen LogP contribution in [0.5, 0.6) is 0 Å². The molecule has 16 heavy (non-hydrogen) atoms. The first-order valence-electron chi connectivity index (χ1n) is 4.85. The molecule has 4 nitrogen and oxygen atoms in total. The SMILES string of the molecule is CC(=O)N[C@@H]1C(=O)N(C)c2ccc(F)cc21. The van der Waals surface area contributed by atoms with E-state index >= 15 is 0 Å². The van der Waals surface area contributed by atoms with Crippen LogP contribution in [0.2, 0.25) is 0 Å². The van der Waals surface area contributed by atoms with Gasteiger partial charge in [0, 0.05) is 25.2 Å². The van der Waals surface area contributed by atoms with Crippen molar-refractivity contribution < 1.29 is 14.0 Å². The van der Waals surface area contributed by atoms with Crippen molar-refractivity contribution in [1.82, 2.24) is 5.32 Å². The molecule has 0 saturated heterocycles. The van der Waals surface area contributed by atoms with Gasteiger partial charge in [-0.1, -0.05) is 0 Å². The van der Waals surface area contributed by atoms with Gasteiger partial charge < -0.3 is 10.2 Å². The number of hydrogen-bond acceptors (Lipinski definition) is 2. The minimum Gasteiger partial charge on any atom is -0.341 e. The second-order valence-corrected chi connectivity index (χ2v) is 3.73. The molecule has 1 heterocycles. The van der Waals surface area contributed by atoms with E-state index in [-0.39, 0.29) is 11.8 Å². The molecule has 0 aromatic heterocycles. The zero-order valence-electron chi connectivity index (χ0n) is 8.95. The Morgan fingerprint density at radius 3 is 2.81 bits per heavy atom. The first-order valence-corrected chi connectivity index (χ1v) is 4.85. The Morgan fingerprint density at radius 1 is 1.50 bits per heavy atom. The molecule has 0 bridgehead atoms. The normalized spacial score (nSPS) is 18.6. The van der Waals surface area contributed by atoms with Crippen LogP contribution in [0.1, 0.15) is 18.5 Å². The van der Waals surface area contributed by atoms with Gasteiger partial charge in [0.05, 0.1) is 0 Å². The third kappa shape index (κ3) is 1.54. The summed E-state index contributed by atoms with van der Waals surface area (Å²) in [4.78, 5) is 24.2. The molecule has 2 rings (SSSR count). The molecule has 1 atom stereocenters. The average Bonchev–Trinajstić information content (AvgIpc) is 2.43. The predicted molar refractivity (Wildman–Crippen MR) is 56.4 cm³/mol. The van der Waals surface area contributed by atoms with Crippen molar-refractivity contribution in [3.8, 4) is 0 Å². The molecule has 84 valence electrons.